The third-order valence-corrected chi connectivity index (χ3v) is 5.34. The van der Waals surface area contributed by atoms with E-state index < -0.39 is 18.3 Å². The quantitative estimate of drug-likeness (QED) is 0.814. The molecule has 0 amide bonds. The summed E-state index contributed by atoms with van der Waals surface area (Å²) in [5.41, 5.74) is -0.606. The number of rotatable bonds is 5. The first-order chi connectivity index (χ1) is 8.72. The van der Waals surface area contributed by atoms with Gasteiger partial charge in [-0.25, -0.2) is 0 Å². The molecule has 3 nitrogen and oxygen atoms in total. The zero-order chi connectivity index (χ0) is 14.3. The minimum Gasteiger partial charge on any atom is -0.423 e. The second-order valence-electron chi connectivity index (χ2n) is 6.41. The average Bonchev–Trinajstić information content (AvgIpc) is 2.61. The highest BCUT2D eigenvalue weighted by Gasteiger charge is 2.41. The van der Waals surface area contributed by atoms with Crippen molar-refractivity contribution in [3.63, 3.8) is 0 Å². The van der Waals surface area contributed by atoms with Crippen LogP contribution in [-0.2, 0) is 4.65 Å². The highest BCUT2D eigenvalue weighted by Crippen LogP contribution is 2.36. The maximum Gasteiger partial charge on any atom is 0.502 e. The van der Waals surface area contributed by atoms with E-state index in [1.165, 1.54) is 36.2 Å². The van der Waals surface area contributed by atoms with Crippen molar-refractivity contribution < 1.29 is 14.8 Å². The molecule has 1 aliphatic carbocycles. The molecule has 0 aliphatic heterocycles. The van der Waals surface area contributed by atoms with Gasteiger partial charge in [0.15, 0.2) is 0 Å². The lowest BCUT2D eigenvalue weighted by Crippen LogP contribution is -2.53. The Labute approximate surface area is 119 Å². The lowest BCUT2D eigenvalue weighted by molar-refractivity contribution is -0.0982. The molecule has 2 rings (SSSR count). The Morgan fingerprint density at radius 1 is 1.32 bits per heavy atom. The molecule has 1 aromatic heterocycles. The second-order valence-corrected chi connectivity index (χ2v) is 7.36. The van der Waals surface area contributed by atoms with E-state index in [2.05, 4.69) is 6.07 Å². The molecule has 1 saturated carbocycles. The van der Waals surface area contributed by atoms with Crippen LogP contribution in [0.4, 0.5) is 0 Å². The van der Waals surface area contributed by atoms with Crippen molar-refractivity contribution in [1.29, 1.82) is 0 Å². The van der Waals surface area contributed by atoms with Gasteiger partial charge in [0.1, 0.15) is 0 Å². The van der Waals surface area contributed by atoms with Crippen molar-refractivity contribution >= 4 is 23.2 Å². The van der Waals surface area contributed by atoms with Crippen molar-refractivity contribution in [2.45, 2.75) is 64.1 Å². The van der Waals surface area contributed by atoms with Gasteiger partial charge in [0.05, 0.1) is 11.2 Å². The standard InChI is InChI=1S/C14H23BO3S/c1-13(2,16)14(3,4)18-15(17)12-11(8-9-19-12)10-6-5-7-10/h8-10,16-17H,5-7H2,1-4H3. The summed E-state index contributed by atoms with van der Waals surface area (Å²) in [5.74, 6) is 0.574. The smallest absolute Gasteiger partial charge is 0.423 e. The molecular weight excluding hydrogens is 259 g/mol. The Morgan fingerprint density at radius 2 is 1.95 bits per heavy atom. The van der Waals surface area contributed by atoms with Crippen LogP contribution in [0.5, 0.6) is 0 Å². The second kappa shape index (κ2) is 5.21. The largest absolute Gasteiger partial charge is 0.502 e. The molecule has 0 spiro atoms. The molecule has 1 aliphatic rings. The Balaban J connectivity index is 2.12. The van der Waals surface area contributed by atoms with E-state index in [9.17, 15) is 10.1 Å². The van der Waals surface area contributed by atoms with Crippen LogP contribution in [0.1, 0.15) is 58.4 Å². The fourth-order valence-electron chi connectivity index (χ4n) is 2.06. The molecular formula is C14H23BO3S. The lowest BCUT2D eigenvalue weighted by Gasteiger charge is -2.38. The van der Waals surface area contributed by atoms with Crippen LogP contribution in [0, 0.1) is 0 Å². The highest BCUT2D eigenvalue weighted by molar-refractivity contribution is 7.20. The minimum atomic E-state index is -1.01. The molecule has 2 N–H and O–H groups in total. The first kappa shape index (κ1) is 15.0. The molecule has 106 valence electrons. The maximum atomic E-state index is 10.3. The maximum absolute atomic E-state index is 10.3. The summed E-state index contributed by atoms with van der Waals surface area (Å²) in [6.45, 7) is 6.99. The molecule has 0 saturated heterocycles. The third kappa shape index (κ3) is 3.05. The molecule has 1 heterocycles. The summed E-state index contributed by atoms with van der Waals surface area (Å²) in [4.78, 5) is 0. The van der Waals surface area contributed by atoms with Crippen LogP contribution in [0.3, 0.4) is 0 Å². The van der Waals surface area contributed by atoms with Crippen LogP contribution in [0.25, 0.3) is 0 Å². The first-order valence-electron chi connectivity index (χ1n) is 6.88. The van der Waals surface area contributed by atoms with E-state index in [-0.39, 0.29) is 0 Å². The molecule has 1 fully saturated rings. The SMILES string of the molecule is CC(C)(O)C(C)(C)OB(O)c1sccc1C1CCC1. The van der Waals surface area contributed by atoms with Crippen molar-refractivity contribution in [3.8, 4) is 0 Å². The van der Waals surface area contributed by atoms with E-state index in [0.717, 1.165) is 4.78 Å². The molecule has 19 heavy (non-hydrogen) atoms. The van der Waals surface area contributed by atoms with Gasteiger partial charge in [-0.3, -0.25) is 0 Å². The predicted molar refractivity (Wildman–Crippen MR) is 80.0 cm³/mol. The van der Waals surface area contributed by atoms with Gasteiger partial charge in [-0.15, -0.1) is 0 Å². The molecule has 1 aromatic rings. The summed E-state index contributed by atoms with van der Waals surface area (Å²) in [6, 6.07) is 2.09. The highest BCUT2D eigenvalue weighted by atomic mass is 32.1. The monoisotopic (exact) mass is 282 g/mol. The van der Waals surface area contributed by atoms with E-state index in [1.807, 2.05) is 5.38 Å². The molecule has 0 radical (unpaired) electrons. The van der Waals surface area contributed by atoms with Gasteiger partial charge in [-0.1, -0.05) is 6.42 Å². The number of aliphatic hydroxyl groups is 1. The molecule has 0 bridgehead atoms. The third-order valence-electron chi connectivity index (χ3n) is 4.38. The van der Waals surface area contributed by atoms with Gasteiger partial charge >= 0.3 is 7.12 Å². The van der Waals surface area contributed by atoms with Crippen molar-refractivity contribution in [1.82, 2.24) is 0 Å². The van der Waals surface area contributed by atoms with E-state index in [4.69, 9.17) is 4.65 Å². The van der Waals surface area contributed by atoms with Gasteiger partial charge in [0.2, 0.25) is 0 Å². The van der Waals surface area contributed by atoms with Crippen molar-refractivity contribution in [2.75, 3.05) is 0 Å². The van der Waals surface area contributed by atoms with Crippen molar-refractivity contribution in [3.05, 3.63) is 17.0 Å². The number of hydrogen-bond donors (Lipinski definition) is 2. The van der Waals surface area contributed by atoms with Gasteiger partial charge in [0, 0.05) is 4.78 Å². The Kier molecular flexibility index (Phi) is 4.12. The average molecular weight is 282 g/mol. The zero-order valence-corrected chi connectivity index (χ0v) is 13.0. The molecule has 0 aromatic carbocycles. The number of thiophene rings is 1. The van der Waals surface area contributed by atoms with E-state index >= 15 is 0 Å². The fourth-order valence-corrected chi connectivity index (χ4v) is 2.96. The topological polar surface area (TPSA) is 49.7 Å². The Bertz CT molecular complexity index is 432. The summed E-state index contributed by atoms with van der Waals surface area (Å²) in [5, 5.41) is 22.4. The Morgan fingerprint density at radius 3 is 2.42 bits per heavy atom. The summed E-state index contributed by atoms with van der Waals surface area (Å²) in [7, 11) is -0.961. The zero-order valence-electron chi connectivity index (χ0n) is 12.1. The van der Waals surface area contributed by atoms with Crippen LogP contribution in [0.15, 0.2) is 11.4 Å². The normalized spacial score (nSPS) is 17.4. The molecule has 5 heteroatoms. The van der Waals surface area contributed by atoms with E-state index in [1.54, 1.807) is 27.7 Å². The van der Waals surface area contributed by atoms with Crippen molar-refractivity contribution in [2.24, 2.45) is 0 Å². The lowest BCUT2D eigenvalue weighted by atomic mass is 9.73. The fraction of sp³-hybridized carbons (Fsp3) is 0.714. The first-order valence-corrected chi connectivity index (χ1v) is 7.76. The van der Waals surface area contributed by atoms with Crippen LogP contribution in [-0.4, -0.2) is 28.5 Å². The number of hydrogen-bond acceptors (Lipinski definition) is 4. The Hall–Kier alpha value is -0.355. The van der Waals surface area contributed by atoms with Crippen LogP contribution < -0.4 is 4.78 Å². The summed E-state index contributed by atoms with van der Waals surface area (Å²) in [6.07, 6.45) is 3.67. The molecule has 0 unspecified atom stereocenters. The minimum absolute atomic E-state index is 0.574. The molecule has 0 atom stereocenters. The van der Waals surface area contributed by atoms with Crippen LogP contribution in [0.2, 0.25) is 0 Å². The predicted octanol–water partition coefficient (Wildman–Crippen LogP) is 2.27. The van der Waals surface area contributed by atoms with Gasteiger partial charge in [-0.05, 0) is 63.5 Å². The summed E-state index contributed by atoms with van der Waals surface area (Å²) < 4.78 is 6.61. The van der Waals surface area contributed by atoms with Crippen LogP contribution >= 0.6 is 11.3 Å². The van der Waals surface area contributed by atoms with Gasteiger partial charge in [0.25, 0.3) is 0 Å². The summed E-state index contributed by atoms with van der Waals surface area (Å²) >= 11 is 1.53. The van der Waals surface area contributed by atoms with Gasteiger partial charge < -0.3 is 14.8 Å². The van der Waals surface area contributed by atoms with E-state index in [0.29, 0.717) is 5.92 Å². The van der Waals surface area contributed by atoms with Gasteiger partial charge in [-0.2, -0.15) is 11.3 Å².